The van der Waals surface area contributed by atoms with Crippen LogP contribution in [0.3, 0.4) is 0 Å². The van der Waals surface area contributed by atoms with Crippen LogP contribution >= 0.6 is 43.2 Å². The number of rotatable bonds is 5. The SMILES string of the molecule is CCNC(c1cc(Br)sc1Br)C1CCOC1CC. The molecule has 1 aromatic rings. The molecule has 1 aliphatic rings. The lowest BCUT2D eigenvalue weighted by Gasteiger charge is -2.27. The molecular weight excluding hydrogens is 378 g/mol. The summed E-state index contributed by atoms with van der Waals surface area (Å²) in [5.74, 6) is 0.577. The molecule has 1 aromatic heterocycles. The van der Waals surface area contributed by atoms with Crippen molar-refractivity contribution in [3.8, 4) is 0 Å². The van der Waals surface area contributed by atoms with E-state index in [1.54, 1.807) is 11.3 Å². The number of hydrogen-bond donors (Lipinski definition) is 1. The van der Waals surface area contributed by atoms with Gasteiger partial charge in [-0.3, -0.25) is 0 Å². The van der Waals surface area contributed by atoms with Gasteiger partial charge in [0, 0.05) is 18.6 Å². The Morgan fingerprint density at radius 3 is 2.83 bits per heavy atom. The molecule has 0 amide bonds. The molecular formula is C13H19Br2NOS. The van der Waals surface area contributed by atoms with Crippen molar-refractivity contribution in [2.75, 3.05) is 13.2 Å². The Morgan fingerprint density at radius 1 is 1.50 bits per heavy atom. The molecule has 0 aromatic carbocycles. The van der Waals surface area contributed by atoms with Gasteiger partial charge in [-0.1, -0.05) is 13.8 Å². The molecule has 0 spiro atoms. The van der Waals surface area contributed by atoms with Crippen molar-refractivity contribution in [2.24, 2.45) is 5.92 Å². The van der Waals surface area contributed by atoms with Crippen molar-refractivity contribution < 1.29 is 4.74 Å². The van der Waals surface area contributed by atoms with E-state index in [9.17, 15) is 0 Å². The number of thiophene rings is 1. The van der Waals surface area contributed by atoms with Gasteiger partial charge in [0.05, 0.1) is 13.7 Å². The quantitative estimate of drug-likeness (QED) is 0.775. The topological polar surface area (TPSA) is 21.3 Å². The fourth-order valence-corrected chi connectivity index (χ4v) is 5.67. The van der Waals surface area contributed by atoms with Gasteiger partial charge < -0.3 is 10.1 Å². The summed E-state index contributed by atoms with van der Waals surface area (Å²) >= 11 is 9.00. The molecule has 2 rings (SSSR count). The van der Waals surface area contributed by atoms with Crippen LogP contribution in [0.25, 0.3) is 0 Å². The minimum atomic E-state index is 0.388. The van der Waals surface area contributed by atoms with Gasteiger partial charge in [-0.2, -0.15) is 0 Å². The monoisotopic (exact) mass is 395 g/mol. The lowest BCUT2D eigenvalue weighted by atomic mass is 9.88. The summed E-state index contributed by atoms with van der Waals surface area (Å²) in [4.78, 5) is 0. The van der Waals surface area contributed by atoms with Crippen LogP contribution in [0.5, 0.6) is 0 Å². The van der Waals surface area contributed by atoms with Crippen LogP contribution in [0.1, 0.15) is 38.3 Å². The van der Waals surface area contributed by atoms with Crippen molar-refractivity contribution >= 4 is 43.2 Å². The highest BCUT2D eigenvalue weighted by atomic mass is 79.9. The van der Waals surface area contributed by atoms with E-state index in [0.29, 0.717) is 18.1 Å². The fourth-order valence-electron chi connectivity index (χ4n) is 2.74. The molecule has 18 heavy (non-hydrogen) atoms. The number of nitrogens with one attached hydrogen (secondary N) is 1. The zero-order valence-corrected chi connectivity index (χ0v) is 14.7. The Balaban J connectivity index is 2.24. The number of ether oxygens (including phenoxy) is 1. The first-order valence-electron chi connectivity index (χ1n) is 6.47. The van der Waals surface area contributed by atoms with Gasteiger partial charge in [-0.15, -0.1) is 11.3 Å². The summed E-state index contributed by atoms with van der Waals surface area (Å²) in [7, 11) is 0. The first-order valence-corrected chi connectivity index (χ1v) is 8.87. The van der Waals surface area contributed by atoms with Gasteiger partial charge in [0.2, 0.25) is 0 Å². The van der Waals surface area contributed by atoms with Crippen molar-refractivity contribution in [3.63, 3.8) is 0 Å². The van der Waals surface area contributed by atoms with Crippen LogP contribution in [-0.4, -0.2) is 19.3 Å². The van der Waals surface area contributed by atoms with E-state index >= 15 is 0 Å². The predicted octanol–water partition coefficient (Wildman–Crippen LogP) is 4.74. The van der Waals surface area contributed by atoms with Gasteiger partial charge in [0.25, 0.3) is 0 Å². The Morgan fingerprint density at radius 2 is 2.28 bits per heavy atom. The van der Waals surface area contributed by atoms with Crippen LogP contribution in [-0.2, 0) is 4.74 Å². The Labute approximate surface area is 130 Å². The van der Waals surface area contributed by atoms with Crippen molar-refractivity contribution in [2.45, 2.75) is 38.8 Å². The van der Waals surface area contributed by atoms with E-state index in [-0.39, 0.29) is 0 Å². The Kier molecular flexibility index (Phi) is 5.69. The summed E-state index contributed by atoms with van der Waals surface area (Å²) < 4.78 is 8.25. The first-order chi connectivity index (χ1) is 8.67. The highest BCUT2D eigenvalue weighted by Gasteiger charge is 2.35. The molecule has 1 aliphatic heterocycles. The van der Waals surface area contributed by atoms with E-state index in [2.05, 4.69) is 57.1 Å². The van der Waals surface area contributed by atoms with Crippen LogP contribution in [0, 0.1) is 5.92 Å². The van der Waals surface area contributed by atoms with Crippen LogP contribution in [0.4, 0.5) is 0 Å². The van der Waals surface area contributed by atoms with E-state index in [1.165, 1.54) is 13.1 Å². The largest absolute Gasteiger partial charge is 0.378 e. The summed E-state index contributed by atoms with van der Waals surface area (Å²) in [5, 5.41) is 3.64. The molecule has 0 bridgehead atoms. The third-order valence-electron chi connectivity index (χ3n) is 3.53. The van der Waals surface area contributed by atoms with Crippen molar-refractivity contribution in [1.29, 1.82) is 0 Å². The summed E-state index contributed by atoms with van der Waals surface area (Å²) in [5.41, 5.74) is 1.36. The normalized spacial score (nSPS) is 25.6. The highest BCUT2D eigenvalue weighted by Crippen LogP contribution is 2.42. The molecule has 3 atom stereocenters. The maximum atomic E-state index is 5.85. The van der Waals surface area contributed by atoms with Gasteiger partial charge >= 0.3 is 0 Å². The average Bonchev–Trinajstić information content (AvgIpc) is 2.92. The summed E-state index contributed by atoms with van der Waals surface area (Å²) in [6.07, 6.45) is 2.63. The van der Waals surface area contributed by atoms with E-state index in [1.807, 2.05) is 0 Å². The molecule has 102 valence electrons. The zero-order valence-electron chi connectivity index (χ0n) is 10.7. The number of hydrogen-bond acceptors (Lipinski definition) is 3. The molecule has 2 heterocycles. The molecule has 3 unspecified atom stereocenters. The zero-order chi connectivity index (χ0) is 13.1. The van der Waals surface area contributed by atoms with Crippen molar-refractivity contribution in [1.82, 2.24) is 5.32 Å². The van der Waals surface area contributed by atoms with E-state index in [4.69, 9.17) is 4.74 Å². The Hall–Kier alpha value is 0.580. The van der Waals surface area contributed by atoms with Crippen LogP contribution < -0.4 is 5.32 Å². The molecule has 1 saturated heterocycles. The van der Waals surface area contributed by atoms with Crippen LogP contribution in [0.15, 0.2) is 13.6 Å². The first kappa shape index (κ1) is 15.0. The van der Waals surface area contributed by atoms with Gasteiger partial charge in [0.1, 0.15) is 0 Å². The van der Waals surface area contributed by atoms with Gasteiger partial charge in [-0.25, -0.2) is 0 Å². The third-order valence-corrected chi connectivity index (χ3v) is 5.92. The molecule has 1 fully saturated rings. The minimum absolute atomic E-state index is 0.388. The molecule has 5 heteroatoms. The predicted molar refractivity (Wildman–Crippen MR) is 84.3 cm³/mol. The van der Waals surface area contributed by atoms with Crippen molar-refractivity contribution in [3.05, 3.63) is 19.2 Å². The van der Waals surface area contributed by atoms with Gasteiger partial charge in [-0.05, 0) is 62.9 Å². The maximum absolute atomic E-state index is 5.85. The minimum Gasteiger partial charge on any atom is -0.378 e. The van der Waals surface area contributed by atoms with Crippen LogP contribution in [0.2, 0.25) is 0 Å². The lowest BCUT2D eigenvalue weighted by molar-refractivity contribution is 0.0775. The smallest absolute Gasteiger partial charge is 0.0758 e. The summed E-state index contributed by atoms with van der Waals surface area (Å²) in [6.45, 7) is 6.26. The second kappa shape index (κ2) is 6.84. The molecule has 0 saturated carbocycles. The molecule has 2 nitrogen and oxygen atoms in total. The average molecular weight is 397 g/mol. The lowest BCUT2D eigenvalue weighted by Crippen LogP contribution is -2.32. The second-order valence-electron chi connectivity index (χ2n) is 4.58. The molecule has 0 radical (unpaired) electrons. The van der Waals surface area contributed by atoms with E-state index < -0.39 is 0 Å². The summed E-state index contributed by atoms with van der Waals surface area (Å²) in [6, 6.07) is 2.62. The second-order valence-corrected chi connectivity index (χ2v) is 8.33. The fraction of sp³-hybridized carbons (Fsp3) is 0.692. The highest BCUT2D eigenvalue weighted by molar-refractivity contribution is 9.12. The standard InChI is InChI=1S/C13H19Br2NOS/c1-3-10-8(5-6-17-10)12(16-4-2)9-7-11(14)18-13(9)15/h7-8,10,12,16H,3-6H2,1-2H3. The maximum Gasteiger partial charge on any atom is 0.0758 e. The van der Waals surface area contributed by atoms with Gasteiger partial charge in [0.15, 0.2) is 0 Å². The molecule has 1 N–H and O–H groups in total. The number of halogens is 2. The molecule has 0 aliphatic carbocycles. The third kappa shape index (κ3) is 3.18. The van der Waals surface area contributed by atoms with E-state index in [0.717, 1.165) is 26.0 Å². The Bertz CT molecular complexity index is 396.